The number of nitrogen functional groups attached to an aromatic ring is 1. The summed E-state index contributed by atoms with van der Waals surface area (Å²) in [4.78, 5) is 36.3. The van der Waals surface area contributed by atoms with Gasteiger partial charge in [-0.25, -0.2) is 9.59 Å². The molecule has 0 spiro atoms. The smallest absolute Gasteiger partial charge is 0.348 e. The number of hydrogen-bond acceptors (Lipinski definition) is 9. The summed E-state index contributed by atoms with van der Waals surface area (Å²) in [6, 6.07) is 8.50. The highest BCUT2D eigenvalue weighted by molar-refractivity contribution is 8.00. The molecule has 0 aliphatic heterocycles. The van der Waals surface area contributed by atoms with Gasteiger partial charge < -0.3 is 20.9 Å². The monoisotopic (exact) mass is 419 g/mol. The summed E-state index contributed by atoms with van der Waals surface area (Å²) in [5, 5.41) is 9.46. The topological polar surface area (TPSA) is 146 Å². The van der Waals surface area contributed by atoms with E-state index in [1.54, 1.807) is 31.2 Å². The van der Waals surface area contributed by atoms with Crippen molar-refractivity contribution >= 4 is 45.9 Å². The largest absolute Gasteiger partial charge is 0.462 e. The maximum atomic E-state index is 12.5. The summed E-state index contributed by atoms with van der Waals surface area (Å²) in [5.41, 5.74) is 11.5. The van der Waals surface area contributed by atoms with E-state index >= 15 is 0 Å². The van der Waals surface area contributed by atoms with Gasteiger partial charge in [-0.1, -0.05) is 12.1 Å². The van der Waals surface area contributed by atoms with Crippen LogP contribution in [0.3, 0.4) is 0 Å². The standard InChI is InChI=1S/C18H17N3O5S2/c1-2-25-18(24)15-12(11(7-19)16(21)28-15)8-26-17(23)10-5-3-4-6-13(10)27-9-14(20)22/h3-6H,2,8-9,21H2,1H3,(H2,20,22). The van der Waals surface area contributed by atoms with Crippen molar-refractivity contribution in [2.75, 3.05) is 18.1 Å². The number of thioether (sulfide) groups is 1. The molecule has 1 aromatic carbocycles. The molecule has 1 heterocycles. The summed E-state index contributed by atoms with van der Waals surface area (Å²) >= 11 is 2.02. The van der Waals surface area contributed by atoms with Crippen molar-refractivity contribution < 1.29 is 23.9 Å². The lowest BCUT2D eigenvalue weighted by Crippen LogP contribution is -2.14. The minimum absolute atomic E-state index is 0.0109. The van der Waals surface area contributed by atoms with Gasteiger partial charge >= 0.3 is 11.9 Å². The second kappa shape index (κ2) is 9.77. The van der Waals surface area contributed by atoms with Crippen molar-refractivity contribution in [2.24, 2.45) is 5.73 Å². The highest BCUT2D eigenvalue weighted by Gasteiger charge is 2.24. The molecule has 0 fully saturated rings. The number of nitrogens with zero attached hydrogens (tertiary/aromatic N) is 1. The average Bonchev–Trinajstić information content (AvgIpc) is 3.00. The summed E-state index contributed by atoms with van der Waals surface area (Å²) in [5.74, 6) is -1.81. The quantitative estimate of drug-likeness (QED) is 0.490. The van der Waals surface area contributed by atoms with Gasteiger partial charge in [-0.05, 0) is 19.1 Å². The van der Waals surface area contributed by atoms with E-state index in [-0.39, 0.29) is 45.5 Å². The number of esters is 2. The summed E-state index contributed by atoms with van der Waals surface area (Å²) in [7, 11) is 0. The number of primary amides is 1. The molecule has 8 nitrogen and oxygen atoms in total. The maximum absolute atomic E-state index is 12.5. The van der Waals surface area contributed by atoms with E-state index in [0.717, 1.165) is 23.1 Å². The van der Waals surface area contributed by atoms with Crippen LogP contribution in [-0.2, 0) is 20.9 Å². The summed E-state index contributed by atoms with van der Waals surface area (Å²) in [6.45, 7) is 1.49. The fraction of sp³-hybridized carbons (Fsp3) is 0.222. The lowest BCUT2D eigenvalue weighted by atomic mass is 10.1. The predicted octanol–water partition coefficient (Wildman–Crippen LogP) is 2.31. The Morgan fingerprint density at radius 3 is 2.57 bits per heavy atom. The van der Waals surface area contributed by atoms with Crippen LogP contribution in [0.15, 0.2) is 29.2 Å². The van der Waals surface area contributed by atoms with Gasteiger partial charge in [0, 0.05) is 10.5 Å². The lowest BCUT2D eigenvalue weighted by molar-refractivity contribution is -0.115. The van der Waals surface area contributed by atoms with Crippen molar-refractivity contribution in [3.63, 3.8) is 0 Å². The molecule has 28 heavy (non-hydrogen) atoms. The number of thiophene rings is 1. The molecule has 0 aliphatic rings. The number of carbonyl (C=O) groups excluding carboxylic acids is 3. The fourth-order valence-corrected chi connectivity index (χ4v) is 3.93. The predicted molar refractivity (Wildman–Crippen MR) is 105 cm³/mol. The van der Waals surface area contributed by atoms with Crippen molar-refractivity contribution in [1.29, 1.82) is 5.26 Å². The Hall–Kier alpha value is -3.03. The number of amides is 1. The molecular formula is C18H17N3O5S2. The highest BCUT2D eigenvalue weighted by atomic mass is 32.2. The Balaban J connectivity index is 2.23. The number of anilines is 1. The third kappa shape index (κ3) is 5.03. The van der Waals surface area contributed by atoms with Gasteiger partial charge in [-0.15, -0.1) is 23.1 Å². The first-order valence-electron chi connectivity index (χ1n) is 8.04. The van der Waals surface area contributed by atoms with E-state index in [1.807, 2.05) is 6.07 Å². The second-order valence-corrected chi connectivity index (χ2v) is 7.38. The number of benzene rings is 1. The molecule has 0 unspecified atom stereocenters. The SMILES string of the molecule is CCOC(=O)c1sc(N)c(C#N)c1COC(=O)c1ccccc1SCC(N)=O. The van der Waals surface area contributed by atoms with E-state index in [2.05, 4.69) is 0 Å². The molecular weight excluding hydrogens is 402 g/mol. The van der Waals surface area contributed by atoms with Crippen molar-refractivity contribution in [1.82, 2.24) is 0 Å². The molecule has 0 aliphatic carbocycles. The molecule has 0 bridgehead atoms. The van der Waals surface area contributed by atoms with Gasteiger partial charge in [0.25, 0.3) is 0 Å². The Kier molecular flexibility index (Phi) is 7.43. The van der Waals surface area contributed by atoms with Crippen LogP contribution < -0.4 is 11.5 Å². The van der Waals surface area contributed by atoms with Gasteiger partial charge in [0.1, 0.15) is 22.6 Å². The molecule has 2 rings (SSSR count). The zero-order chi connectivity index (χ0) is 20.7. The second-order valence-electron chi connectivity index (χ2n) is 5.31. The molecule has 146 valence electrons. The number of nitrogens with two attached hydrogens (primary N) is 2. The fourth-order valence-electron chi connectivity index (χ4n) is 2.23. The zero-order valence-electron chi connectivity index (χ0n) is 14.9. The van der Waals surface area contributed by atoms with E-state index in [1.165, 1.54) is 0 Å². The molecule has 4 N–H and O–H groups in total. The average molecular weight is 419 g/mol. The van der Waals surface area contributed by atoms with Crippen LogP contribution in [0, 0.1) is 11.3 Å². The first-order chi connectivity index (χ1) is 13.4. The molecule has 0 radical (unpaired) electrons. The van der Waals surface area contributed by atoms with Gasteiger partial charge in [0.05, 0.1) is 23.5 Å². The third-order valence-corrected chi connectivity index (χ3v) is 5.57. The van der Waals surface area contributed by atoms with Gasteiger partial charge in [0.15, 0.2) is 0 Å². The molecule has 1 aromatic heterocycles. The Morgan fingerprint density at radius 1 is 1.21 bits per heavy atom. The molecule has 2 aromatic rings. The Morgan fingerprint density at radius 2 is 1.93 bits per heavy atom. The van der Waals surface area contributed by atoms with Crippen LogP contribution in [0.4, 0.5) is 5.00 Å². The highest BCUT2D eigenvalue weighted by Crippen LogP contribution is 2.32. The minimum atomic E-state index is -0.670. The van der Waals surface area contributed by atoms with Gasteiger partial charge in [0.2, 0.25) is 5.91 Å². The summed E-state index contributed by atoms with van der Waals surface area (Å²) < 4.78 is 10.3. The van der Waals surface area contributed by atoms with Crippen molar-refractivity contribution in [3.8, 4) is 6.07 Å². The van der Waals surface area contributed by atoms with Crippen LogP contribution in [-0.4, -0.2) is 30.2 Å². The van der Waals surface area contributed by atoms with Gasteiger partial charge in [-0.3, -0.25) is 4.79 Å². The van der Waals surface area contributed by atoms with E-state index in [4.69, 9.17) is 20.9 Å². The Bertz CT molecular complexity index is 949. The number of carbonyl (C=O) groups is 3. The first kappa shape index (κ1) is 21.3. The molecule has 0 saturated heterocycles. The molecule has 10 heteroatoms. The van der Waals surface area contributed by atoms with E-state index in [0.29, 0.717) is 4.90 Å². The van der Waals surface area contributed by atoms with Crippen molar-refractivity contribution in [2.45, 2.75) is 18.4 Å². The number of rotatable bonds is 8. The minimum Gasteiger partial charge on any atom is -0.462 e. The third-order valence-electron chi connectivity index (χ3n) is 3.43. The molecule has 0 atom stereocenters. The molecule has 1 amide bonds. The zero-order valence-corrected chi connectivity index (χ0v) is 16.5. The van der Waals surface area contributed by atoms with Gasteiger partial charge in [-0.2, -0.15) is 5.26 Å². The van der Waals surface area contributed by atoms with Crippen LogP contribution in [0.5, 0.6) is 0 Å². The van der Waals surface area contributed by atoms with Crippen molar-refractivity contribution in [3.05, 3.63) is 45.8 Å². The van der Waals surface area contributed by atoms with Crippen LogP contribution in [0.25, 0.3) is 0 Å². The number of ether oxygens (including phenoxy) is 2. The van der Waals surface area contributed by atoms with Crippen LogP contribution in [0.1, 0.15) is 38.1 Å². The van der Waals surface area contributed by atoms with E-state index < -0.39 is 17.8 Å². The van der Waals surface area contributed by atoms with Crippen LogP contribution in [0.2, 0.25) is 0 Å². The Labute approximate surface area is 169 Å². The molecule has 0 saturated carbocycles. The normalized spacial score (nSPS) is 10.1. The van der Waals surface area contributed by atoms with Crippen LogP contribution >= 0.6 is 23.1 Å². The number of nitriles is 1. The first-order valence-corrected chi connectivity index (χ1v) is 9.84. The maximum Gasteiger partial charge on any atom is 0.348 e. The number of hydrogen-bond donors (Lipinski definition) is 2. The van der Waals surface area contributed by atoms with E-state index in [9.17, 15) is 19.6 Å². The summed E-state index contributed by atoms with van der Waals surface area (Å²) in [6.07, 6.45) is 0. The lowest BCUT2D eigenvalue weighted by Gasteiger charge is -2.09.